The second kappa shape index (κ2) is 6.43. The highest BCUT2D eigenvalue weighted by molar-refractivity contribution is 6.32. The number of halogens is 1. The lowest BCUT2D eigenvalue weighted by atomic mass is 10.2. The van der Waals surface area contributed by atoms with Crippen molar-refractivity contribution in [1.29, 1.82) is 0 Å². The maximum Gasteiger partial charge on any atom is 0.328 e. The molecule has 0 radical (unpaired) electrons. The van der Waals surface area contributed by atoms with Crippen molar-refractivity contribution in [2.24, 2.45) is 0 Å². The number of carboxylic acids is 1. The minimum absolute atomic E-state index is 0.120. The van der Waals surface area contributed by atoms with Crippen molar-refractivity contribution in [3.8, 4) is 5.75 Å². The van der Waals surface area contributed by atoms with Crippen molar-refractivity contribution in [3.05, 3.63) is 34.9 Å². The van der Waals surface area contributed by atoms with Crippen molar-refractivity contribution in [2.75, 3.05) is 6.61 Å². The summed E-state index contributed by atoms with van der Waals surface area (Å²) in [6, 6.07) is 5.21. The van der Waals surface area contributed by atoms with Gasteiger partial charge in [0.2, 0.25) is 0 Å². The molecule has 1 aliphatic rings. The van der Waals surface area contributed by atoms with Crippen LogP contribution in [0.3, 0.4) is 0 Å². The van der Waals surface area contributed by atoms with Crippen LogP contribution in [-0.4, -0.2) is 29.6 Å². The minimum Gasteiger partial charge on any atom is -0.483 e. The molecule has 1 aliphatic carbocycles. The molecule has 0 aliphatic heterocycles. The van der Waals surface area contributed by atoms with Gasteiger partial charge in [-0.2, -0.15) is 0 Å². The average molecular weight is 296 g/mol. The summed E-state index contributed by atoms with van der Waals surface area (Å²) in [5.74, 6) is -0.899. The third kappa shape index (κ3) is 4.28. The van der Waals surface area contributed by atoms with Gasteiger partial charge in [-0.3, -0.25) is 4.79 Å². The molecule has 0 spiro atoms. The third-order valence-electron chi connectivity index (χ3n) is 2.71. The summed E-state index contributed by atoms with van der Waals surface area (Å²) in [5.41, 5.74) is 0.441. The Kier molecular flexibility index (Phi) is 4.63. The van der Waals surface area contributed by atoms with E-state index < -0.39 is 5.97 Å². The third-order valence-corrected chi connectivity index (χ3v) is 3.04. The van der Waals surface area contributed by atoms with E-state index in [0.29, 0.717) is 16.3 Å². The van der Waals surface area contributed by atoms with Gasteiger partial charge in [0.05, 0.1) is 5.02 Å². The molecular weight excluding hydrogens is 282 g/mol. The quantitative estimate of drug-likeness (QED) is 0.788. The zero-order valence-electron chi connectivity index (χ0n) is 10.6. The molecule has 0 aromatic heterocycles. The van der Waals surface area contributed by atoms with Crippen LogP contribution in [0.4, 0.5) is 0 Å². The largest absolute Gasteiger partial charge is 0.483 e. The van der Waals surface area contributed by atoms with E-state index in [1.54, 1.807) is 18.2 Å². The first kappa shape index (κ1) is 14.4. The maximum absolute atomic E-state index is 11.5. The normalized spacial score (nSPS) is 14.2. The molecule has 106 valence electrons. The summed E-state index contributed by atoms with van der Waals surface area (Å²) in [4.78, 5) is 22.1. The van der Waals surface area contributed by atoms with Crippen molar-refractivity contribution < 1.29 is 19.4 Å². The van der Waals surface area contributed by atoms with Crippen LogP contribution in [0.5, 0.6) is 5.75 Å². The Hall–Kier alpha value is -2.01. The Balaban J connectivity index is 2.03. The number of aliphatic carboxylic acids is 1. The Labute approximate surface area is 121 Å². The predicted octanol–water partition coefficient (Wildman–Crippen LogP) is 2.10. The van der Waals surface area contributed by atoms with Gasteiger partial charge in [-0.15, -0.1) is 0 Å². The smallest absolute Gasteiger partial charge is 0.328 e. The number of rotatable bonds is 6. The van der Waals surface area contributed by atoms with E-state index in [1.165, 1.54) is 6.08 Å². The van der Waals surface area contributed by atoms with Crippen LogP contribution in [0, 0.1) is 0 Å². The van der Waals surface area contributed by atoms with Crippen LogP contribution in [0.25, 0.3) is 6.08 Å². The van der Waals surface area contributed by atoms with Crippen LogP contribution in [0.2, 0.25) is 5.02 Å². The van der Waals surface area contributed by atoms with Gasteiger partial charge >= 0.3 is 5.97 Å². The second-order valence-electron chi connectivity index (χ2n) is 4.45. The standard InChI is InChI=1S/C14H14ClNO4/c15-11-2-1-3-12(10(11)6-7-14(18)19)20-8-13(17)16-9-4-5-9/h1-3,6-7,9H,4-5,8H2,(H,16,17)(H,18,19)/b7-6+. The molecule has 2 rings (SSSR count). The lowest BCUT2D eigenvalue weighted by Gasteiger charge is -2.10. The number of carbonyl (C=O) groups is 2. The molecule has 2 N–H and O–H groups in total. The molecule has 20 heavy (non-hydrogen) atoms. The highest BCUT2D eigenvalue weighted by atomic mass is 35.5. The molecule has 0 atom stereocenters. The van der Waals surface area contributed by atoms with Crippen molar-refractivity contribution >= 4 is 29.6 Å². The fourth-order valence-electron chi connectivity index (χ4n) is 1.60. The van der Waals surface area contributed by atoms with Gasteiger partial charge in [-0.1, -0.05) is 17.7 Å². The molecule has 1 aromatic rings. The van der Waals surface area contributed by atoms with Crippen LogP contribution in [-0.2, 0) is 9.59 Å². The molecule has 0 bridgehead atoms. The maximum atomic E-state index is 11.5. The molecule has 0 heterocycles. The molecule has 0 unspecified atom stereocenters. The first-order valence-electron chi connectivity index (χ1n) is 6.18. The summed E-state index contributed by atoms with van der Waals surface area (Å²) in [5, 5.41) is 11.8. The minimum atomic E-state index is -1.08. The van der Waals surface area contributed by atoms with Crippen LogP contribution < -0.4 is 10.1 Å². The number of ether oxygens (including phenoxy) is 1. The zero-order valence-corrected chi connectivity index (χ0v) is 11.4. The molecule has 1 saturated carbocycles. The Morgan fingerprint density at radius 3 is 2.85 bits per heavy atom. The highest BCUT2D eigenvalue weighted by Gasteiger charge is 2.23. The Morgan fingerprint density at radius 1 is 1.45 bits per heavy atom. The molecule has 1 amide bonds. The van der Waals surface area contributed by atoms with Crippen LogP contribution >= 0.6 is 11.6 Å². The first-order chi connectivity index (χ1) is 9.56. The lowest BCUT2D eigenvalue weighted by molar-refractivity contribution is -0.131. The van der Waals surface area contributed by atoms with Crippen LogP contribution in [0.15, 0.2) is 24.3 Å². The van der Waals surface area contributed by atoms with Gasteiger partial charge in [0.1, 0.15) is 5.75 Å². The zero-order chi connectivity index (χ0) is 14.5. The predicted molar refractivity (Wildman–Crippen MR) is 74.8 cm³/mol. The molecule has 5 nitrogen and oxygen atoms in total. The number of carbonyl (C=O) groups excluding carboxylic acids is 1. The number of benzene rings is 1. The van der Waals surface area contributed by atoms with E-state index in [0.717, 1.165) is 18.9 Å². The molecular formula is C14H14ClNO4. The van der Waals surface area contributed by atoms with Crippen LogP contribution in [0.1, 0.15) is 18.4 Å². The number of hydrogen-bond acceptors (Lipinski definition) is 3. The number of hydrogen-bond donors (Lipinski definition) is 2. The van der Waals surface area contributed by atoms with E-state index in [9.17, 15) is 9.59 Å². The Morgan fingerprint density at radius 2 is 2.20 bits per heavy atom. The lowest BCUT2D eigenvalue weighted by Crippen LogP contribution is -2.30. The average Bonchev–Trinajstić information content (AvgIpc) is 3.18. The molecule has 1 fully saturated rings. The SMILES string of the molecule is O=C(O)/C=C/c1c(Cl)cccc1OCC(=O)NC1CC1. The summed E-state index contributed by atoms with van der Waals surface area (Å²) >= 11 is 6.00. The number of carboxylic acid groups (broad SMARTS) is 1. The topological polar surface area (TPSA) is 75.6 Å². The second-order valence-corrected chi connectivity index (χ2v) is 4.86. The van der Waals surface area contributed by atoms with E-state index in [1.807, 2.05) is 0 Å². The fourth-order valence-corrected chi connectivity index (χ4v) is 1.83. The van der Waals surface area contributed by atoms with Crippen molar-refractivity contribution in [3.63, 3.8) is 0 Å². The number of nitrogens with one attached hydrogen (secondary N) is 1. The monoisotopic (exact) mass is 295 g/mol. The summed E-state index contributed by atoms with van der Waals surface area (Å²) < 4.78 is 5.40. The van der Waals surface area contributed by atoms with E-state index in [-0.39, 0.29) is 18.6 Å². The fraction of sp³-hybridized carbons (Fsp3) is 0.286. The summed E-state index contributed by atoms with van der Waals surface area (Å²) in [6.45, 7) is -0.120. The van der Waals surface area contributed by atoms with Crippen molar-refractivity contribution in [1.82, 2.24) is 5.32 Å². The summed E-state index contributed by atoms with van der Waals surface area (Å²) in [7, 11) is 0. The van der Waals surface area contributed by atoms with Crippen molar-refractivity contribution in [2.45, 2.75) is 18.9 Å². The van der Waals surface area contributed by atoms with Gasteiger partial charge in [0.15, 0.2) is 6.61 Å². The van der Waals surface area contributed by atoms with E-state index in [2.05, 4.69) is 5.32 Å². The first-order valence-corrected chi connectivity index (χ1v) is 6.56. The number of amides is 1. The molecule has 1 aromatic carbocycles. The van der Waals surface area contributed by atoms with E-state index >= 15 is 0 Å². The summed E-state index contributed by atoms with van der Waals surface area (Å²) in [6.07, 6.45) is 4.34. The van der Waals surface area contributed by atoms with Gasteiger partial charge in [-0.05, 0) is 31.1 Å². The van der Waals surface area contributed by atoms with Gasteiger partial charge in [0, 0.05) is 17.7 Å². The van der Waals surface area contributed by atoms with Gasteiger partial charge in [0.25, 0.3) is 5.91 Å². The molecule has 0 saturated heterocycles. The Bertz CT molecular complexity index is 552. The van der Waals surface area contributed by atoms with Gasteiger partial charge in [-0.25, -0.2) is 4.79 Å². The van der Waals surface area contributed by atoms with Gasteiger partial charge < -0.3 is 15.2 Å². The highest BCUT2D eigenvalue weighted by Crippen LogP contribution is 2.28. The molecule has 6 heteroatoms. The van der Waals surface area contributed by atoms with E-state index in [4.69, 9.17) is 21.4 Å².